The highest BCUT2D eigenvalue weighted by Crippen LogP contribution is 2.25. The van der Waals surface area contributed by atoms with Crippen LogP contribution in [-0.4, -0.2) is 52.2 Å². The Hall–Kier alpha value is -3.31. The Morgan fingerprint density at radius 1 is 1.12 bits per heavy atom. The molecule has 3 aromatic rings. The van der Waals surface area contributed by atoms with Crippen LogP contribution in [-0.2, 0) is 27.8 Å². The number of amides is 2. The summed E-state index contributed by atoms with van der Waals surface area (Å²) in [7, 11) is -3.53. The van der Waals surface area contributed by atoms with Gasteiger partial charge in [0, 0.05) is 44.9 Å². The zero-order valence-corrected chi connectivity index (χ0v) is 19.8. The summed E-state index contributed by atoms with van der Waals surface area (Å²) in [5.74, 6) is -0.114. The summed E-state index contributed by atoms with van der Waals surface area (Å²) in [4.78, 5) is 33.1. The van der Waals surface area contributed by atoms with Crippen molar-refractivity contribution in [2.45, 2.75) is 50.5 Å². The number of hydrogen-bond acceptors (Lipinski definition) is 6. The smallest absolute Gasteiger partial charge is 0.271 e. The van der Waals surface area contributed by atoms with E-state index in [1.54, 1.807) is 36.5 Å². The Kier molecular flexibility index (Phi) is 7.23. The molecule has 11 heteroatoms. The Bertz CT molecular complexity index is 1280. The zero-order valence-electron chi connectivity index (χ0n) is 19.0. The van der Waals surface area contributed by atoms with Gasteiger partial charge in [0.1, 0.15) is 5.82 Å². The number of aryl methyl sites for hydroxylation is 2. The molecular weight excluding hydrogens is 456 g/mol. The van der Waals surface area contributed by atoms with Gasteiger partial charge in [-0.25, -0.2) is 13.4 Å². The number of carbonyl (C=O) groups excluding carboxylic acids is 2. The molecule has 1 aliphatic heterocycles. The van der Waals surface area contributed by atoms with E-state index < -0.39 is 15.9 Å². The summed E-state index contributed by atoms with van der Waals surface area (Å²) in [6.45, 7) is 3.83. The molecule has 180 valence electrons. The first kappa shape index (κ1) is 23.8. The fourth-order valence-electron chi connectivity index (χ4n) is 4.05. The number of rotatable bonds is 8. The molecule has 1 fully saturated rings. The second-order valence-corrected chi connectivity index (χ2v) is 10.1. The van der Waals surface area contributed by atoms with Gasteiger partial charge in [-0.05, 0) is 49.6 Å². The number of imidazole rings is 1. The first-order chi connectivity index (χ1) is 16.4. The quantitative estimate of drug-likeness (QED) is 0.471. The van der Waals surface area contributed by atoms with Crippen LogP contribution in [0.15, 0.2) is 47.6 Å². The minimum atomic E-state index is -3.53. The van der Waals surface area contributed by atoms with E-state index in [1.807, 2.05) is 11.5 Å². The van der Waals surface area contributed by atoms with Crippen molar-refractivity contribution < 1.29 is 18.0 Å². The van der Waals surface area contributed by atoms with Crippen LogP contribution in [0.5, 0.6) is 0 Å². The molecule has 2 amide bonds. The molecule has 1 aromatic carbocycles. The average Bonchev–Trinajstić information content (AvgIpc) is 3.51. The summed E-state index contributed by atoms with van der Waals surface area (Å²) in [6, 6.07) is 8.27. The predicted molar refractivity (Wildman–Crippen MR) is 126 cm³/mol. The van der Waals surface area contributed by atoms with Gasteiger partial charge in [-0.2, -0.15) is 4.31 Å². The van der Waals surface area contributed by atoms with E-state index in [4.69, 9.17) is 0 Å². The minimum Gasteiger partial charge on any atom is -0.328 e. The lowest BCUT2D eigenvalue weighted by Crippen LogP contribution is -2.41. The van der Waals surface area contributed by atoms with Gasteiger partial charge in [-0.3, -0.25) is 25.4 Å². The van der Waals surface area contributed by atoms with Crippen molar-refractivity contribution in [1.82, 2.24) is 29.7 Å². The third-order valence-corrected chi connectivity index (χ3v) is 7.66. The molecule has 3 heterocycles. The Morgan fingerprint density at radius 2 is 1.91 bits per heavy atom. The van der Waals surface area contributed by atoms with E-state index in [9.17, 15) is 18.0 Å². The molecule has 4 rings (SSSR count). The molecule has 0 radical (unpaired) electrons. The van der Waals surface area contributed by atoms with Crippen molar-refractivity contribution >= 4 is 32.9 Å². The molecule has 0 unspecified atom stereocenters. The van der Waals surface area contributed by atoms with E-state index in [-0.39, 0.29) is 17.2 Å². The second-order valence-electron chi connectivity index (χ2n) is 8.19. The number of benzene rings is 1. The molecule has 0 saturated carbocycles. The fourth-order valence-corrected chi connectivity index (χ4v) is 5.58. The third-order valence-electron chi connectivity index (χ3n) is 5.76. The van der Waals surface area contributed by atoms with Crippen LogP contribution in [0, 0.1) is 0 Å². The van der Waals surface area contributed by atoms with Gasteiger partial charge in [-0.15, -0.1) is 0 Å². The highest BCUT2D eigenvalue weighted by molar-refractivity contribution is 7.89. The van der Waals surface area contributed by atoms with Crippen molar-refractivity contribution in [1.29, 1.82) is 0 Å². The van der Waals surface area contributed by atoms with Gasteiger partial charge in [-0.1, -0.05) is 6.92 Å². The molecular formula is C23H28N6O4S. The third kappa shape index (κ3) is 5.10. The normalized spacial score (nSPS) is 14.4. The minimum absolute atomic E-state index is 0.110. The van der Waals surface area contributed by atoms with Crippen LogP contribution in [0.25, 0.3) is 11.0 Å². The van der Waals surface area contributed by atoms with Crippen molar-refractivity contribution in [2.24, 2.45) is 0 Å². The maximum atomic E-state index is 12.9. The van der Waals surface area contributed by atoms with Crippen LogP contribution in [0.1, 0.15) is 48.8 Å². The molecule has 34 heavy (non-hydrogen) atoms. The van der Waals surface area contributed by atoms with E-state index in [0.717, 1.165) is 24.8 Å². The molecule has 0 aliphatic carbocycles. The number of aromatic nitrogens is 3. The van der Waals surface area contributed by atoms with Crippen LogP contribution < -0.4 is 10.9 Å². The molecule has 2 N–H and O–H groups in total. The number of hydrogen-bond donors (Lipinski definition) is 2. The van der Waals surface area contributed by atoms with Gasteiger partial charge in [0.05, 0.1) is 21.5 Å². The summed E-state index contributed by atoms with van der Waals surface area (Å²) < 4.78 is 29.4. The SMILES string of the molecule is CCCn1c(CCC(=O)NNC(=O)c2cccnc2)nc2cc(S(=O)(=O)N3CCCC3)ccc21. The molecule has 0 spiro atoms. The number of nitrogens with zero attached hydrogens (tertiary/aromatic N) is 4. The van der Waals surface area contributed by atoms with Gasteiger partial charge < -0.3 is 4.57 Å². The summed E-state index contributed by atoms with van der Waals surface area (Å²) in [5, 5.41) is 0. The topological polar surface area (TPSA) is 126 Å². The van der Waals surface area contributed by atoms with E-state index in [0.29, 0.717) is 43.0 Å². The molecule has 1 aliphatic rings. The lowest BCUT2D eigenvalue weighted by molar-refractivity contribution is -0.121. The van der Waals surface area contributed by atoms with Crippen LogP contribution in [0.2, 0.25) is 0 Å². The monoisotopic (exact) mass is 484 g/mol. The average molecular weight is 485 g/mol. The van der Waals surface area contributed by atoms with Gasteiger partial charge in [0.15, 0.2) is 0 Å². The second kappa shape index (κ2) is 10.3. The zero-order chi connectivity index (χ0) is 24.1. The van der Waals surface area contributed by atoms with Crippen LogP contribution in [0.4, 0.5) is 0 Å². The maximum Gasteiger partial charge on any atom is 0.271 e. The number of hydrazine groups is 1. The van der Waals surface area contributed by atoms with E-state index in [2.05, 4.69) is 20.8 Å². The Morgan fingerprint density at radius 3 is 2.62 bits per heavy atom. The number of nitrogens with one attached hydrogen (secondary N) is 2. The van der Waals surface area contributed by atoms with Gasteiger partial charge in [0.2, 0.25) is 15.9 Å². The fraction of sp³-hybridized carbons (Fsp3) is 0.391. The largest absolute Gasteiger partial charge is 0.328 e. The standard InChI is InChI=1S/C23H28N6O4S/c1-2-12-29-20-8-7-18(34(32,33)28-13-3-4-14-28)15-19(20)25-21(29)9-10-22(30)26-27-23(31)17-6-5-11-24-16-17/h5-8,11,15-16H,2-4,9-10,12-14H2,1H3,(H,26,30)(H,27,31). The van der Waals surface area contributed by atoms with Crippen molar-refractivity contribution in [3.8, 4) is 0 Å². The van der Waals surface area contributed by atoms with Crippen LogP contribution >= 0.6 is 0 Å². The summed E-state index contributed by atoms with van der Waals surface area (Å²) in [5.41, 5.74) is 6.55. The van der Waals surface area contributed by atoms with Gasteiger partial charge >= 0.3 is 0 Å². The Balaban J connectivity index is 1.46. The van der Waals surface area contributed by atoms with Crippen molar-refractivity contribution in [3.63, 3.8) is 0 Å². The summed E-state index contributed by atoms with van der Waals surface area (Å²) in [6.07, 6.45) is 6.04. The highest BCUT2D eigenvalue weighted by Gasteiger charge is 2.28. The van der Waals surface area contributed by atoms with E-state index in [1.165, 1.54) is 10.5 Å². The lowest BCUT2D eigenvalue weighted by Gasteiger charge is -2.15. The van der Waals surface area contributed by atoms with E-state index >= 15 is 0 Å². The number of carbonyl (C=O) groups is 2. The summed E-state index contributed by atoms with van der Waals surface area (Å²) >= 11 is 0. The number of pyridine rings is 1. The first-order valence-corrected chi connectivity index (χ1v) is 12.8. The predicted octanol–water partition coefficient (Wildman–Crippen LogP) is 2.02. The van der Waals surface area contributed by atoms with Crippen molar-refractivity contribution in [3.05, 3.63) is 54.1 Å². The number of fused-ring (bicyclic) bond motifs is 1. The molecule has 0 bridgehead atoms. The van der Waals surface area contributed by atoms with Crippen LogP contribution in [0.3, 0.4) is 0 Å². The molecule has 1 saturated heterocycles. The lowest BCUT2D eigenvalue weighted by atomic mass is 10.2. The molecule has 2 aromatic heterocycles. The molecule has 0 atom stereocenters. The highest BCUT2D eigenvalue weighted by atomic mass is 32.2. The molecule has 10 nitrogen and oxygen atoms in total. The van der Waals surface area contributed by atoms with Crippen molar-refractivity contribution in [2.75, 3.05) is 13.1 Å². The Labute approximate surface area is 198 Å². The first-order valence-electron chi connectivity index (χ1n) is 11.4. The number of sulfonamides is 1. The maximum absolute atomic E-state index is 12.9. The van der Waals surface area contributed by atoms with Gasteiger partial charge in [0.25, 0.3) is 5.91 Å².